The molecule has 1 saturated heterocycles. The van der Waals surface area contributed by atoms with Gasteiger partial charge in [0.1, 0.15) is 0 Å². The molecule has 1 aromatic heterocycles. The smallest absolute Gasteiger partial charge is 0.0954 e. The molecule has 2 aromatic rings. The van der Waals surface area contributed by atoms with Crippen molar-refractivity contribution < 1.29 is 4.74 Å². The Kier molecular flexibility index (Phi) is 5.01. The molecule has 3 nitrogen and oxygen atoms in total. The average molecular weight is 302 g/mol. The van der Waals surface area contributed by atoms with Gasteiger partial charge in [0.25, 0.3) is 0 Å². The summed E-state index contributed by atoms with van der Waals surface area (Å²) < 4.78 is 5.69. The van der Waals surface area contributed by atoms with Gasteiger partial charge in [-0.3, -0.25) is 0 Å². The highest BCUT2D eigenvalue weighted by Crippen LogP contribution is 2.22. The van der Waals surface area contributed by atoms with Crippen molar-refractivity contribution in [3.8, 4) is 0 Å². The fourth-order valence-electron chi connectivity index (χ4n) is 2.82. The monoisotopic (exact) mass is 302 g/mol. The Morgan fingerprint density at radius 1 is 1.38 bits per heavy atom. The van der Waals surface area contributed by atoms with Gasteiger partial charge in [-0.25, -0.2) is 4.98 Å². The Morgan fingerprint density at radius 3 is 2.95 bits per heavy atom. The molecule has 0 spiro atoms. The summed E-state index contributed by atoms with van der Waals surface area (Å²) in [5.74, 6) is 0. The van der Waals surface area contributed by atoms with Crippen LogP contribution in [0.4, 0.5) is 0 Å². The first-order valence-electron chi connectivity index (χ1n) is 7.62. The third-order valence-electron chi connectivity index (χ3n) is 3.99. The van der Waals surface area contributed by atoms with Gasteiger partial charge in [-0.2, -0.15) is 0 Å². The molecule has 0 saturated carbocycles. The maximum absolute atomic E-state index is 5.69. The van der Waals surface area contributed by atoms with Crippen LogP contribution < -0.4 is 5.32 Å². The molecule has 1 aromatic carbocycles. The maximum atomic E-state index is 5.69. The number of thiazole rings is 1. The maximum Gasteiger partial charge on any atom is 0.0954 e. The van der Waals surface area contributed by atoms with Crippen molar-refractivity contribution in [2.24, 2.45) is 0 Å². The average Bonchev–Trinajstić information content (AvgIpc) is 3.18. The number of benzene rings is 1. The molecule has 0 amide bonds. The van der Waals surface area contributed by atoms with Crippen molar-refractivity contribution in [2.75, 3.05) is 13.7 Å². The van der Waals surface area contributed by atoms with Gasteiger partial charge in [-0.1, -0.05) is 30.3 Å². The molecule has 1 fully saturated rings. The van der Waals surface area contributed by atoms with Crippen LogP contribution in [0.1, 0.15) is 35.1 Å². The van der Waals surface area contributed by atoms with Gasteiger partial charge in [-0.15, -0.1) is 11.3 Å². The van der Waals surface area contributed by atoms with E-state index in [2.05, 4.69) is 41.0 Å². The zero-order valence-electron chi connectivity index (χ0n) is 12.4. The highest BCUT2D eigenvalue weighted by molar-refractivity contribution is 7.09. The molecule has 0 bridgehead atoms. The van der Waals surface area contributed by atoms with E-state index in [9.17, 15) is 0 Å². The van der Waals surface area contributed by atoms with Crippen molar-refractivity contribution in [1.82, 2.24) is 10.3 Å². The van der Waals surface area contributed by atoms with Gasteiger partial charge in [0, 0.05) is 30.9 Å². The Balaban J connectivity index is 1.62. The van der Waals surface area contributed by atoms with E-state index in [1.54, 1.807) is 11.3 Å². The second-order valence-corrected chi connectivity index (χ2v) is 6.47. The van der Waals surface area contributed by atoms with E-state index in [1.807, 2.05) is 7.05 Å². The summed E-state index contributed by atoms with van der Waals surface area (Å²) in [6.45, 7) is 0.915. The minimum absolute atomic E-state index is 0.323. The van der Waals surface area contributed by atoms with Gasteiger partial charge in [0.2, 0.25) is 0 Å². The molecule has 1 aliphatic rings. The molecule has 112 valence electrons. The van der Waals surface area contributed by atoms with Gasteiger partial charge in [0.05, 0.1) is 16.8 Å². The summed E-state index contributed by atoms with van der Waals surface area (Å²) in [7, 11) is 2.01. The molecule has 2 heterocycles. The number of nitrogens with zero attached hydrogens (tertiary/aromatic N) is 1. The number of nitrogens with one attached hydrogen (secondary N) is 1. The van der Waals surface area contributed by atoms with E-state index in [4.69, 9.17) is 9.72 Å². The lowest BCUT2D eigenvalue weighted by atomic mass is 10.0. The Bertz CT molecular complexity index is 549. The zero-order valence-corrected chi connectivity index (χ0v) is 13.2. The summed E-state index contributed by atoms with van der Waals surface area (Å²) in [5.41, 5.74) is 2.49. The summed E-state index contributed by atoms with van der Waals surface area (Å²) in [5, 5.41) is 6.79. The van der Waals surface area contributed by atoms with E-state index in [-0.39, 0.29) is 0 Å². The highest BCUT2D eigenvalue weighted by atomic mass is 32.1. The van der Waals surface area contributed by atoms with E-state index in [0.717, 1.165) is 19.4 Å². The van der Waals surface area contributed by atoms with Crippen LogP contribution in [0.25, 0.3) is 0 Å². The van der Waals surface area contributed by atoms with E-state index >= 15 is 0 Å². The van der Waals surface area contributed by atoms with Gasteiger partial charge >= 0.3 is 0 Å². The van der Waals surface area contributed by atoms with Crippen molar-refractivity contribution in [3.05, 3.63) is 52.0 Å². The molecule has 0 radical (unpaired) electrons. The summed E-state index contributed by atoms with van der Waals surface area (Å²) in [4.78, 5) is 4.79. The fraction of sp³-hybridized carbons (Fsp3) is 0.471. The lowest BCUT2D eigenvalue weighted by Crippen LogP contribution is -2.19. The van der Waals surface area contributed by atoms with Crippen LogP contribution in [-0.4, -0.2) is 24.7 Å². The first-order valence-corrected chi connectivity index (χ1v) is 8.50. The lowest BCUT2D eigenvalue weighted by Gasteiger charge is -2.15. The second kappa shape index (κ2) is 7.16. The fourth-order valence-corrected chi connectivity index (χ4v) is 3.69. The topological polar surface area (TPSA) is 34.1 Å². The predicted molar refractivity (Wildman–Crippen MR) is 86.7 cm³/mol. The number of ether oxygens (including phenoxy) is 1. The minimum Gasteiger partial charge on any atom is -0.378 e. The zero-order chi connectivity index (χ0) is 14.5. The molecule has 1 aliphatic heterocycles. The van der Waals surface area contributed by atoms with Crippen LogP contribution in [-0.2, 0) is 17.6 Å². The standard InChI is InChI=1S/C17H22N2OS/c1-18-16(13-6-3-2-4-7-13)10-14-12-21-17(19-14)11-15-8-5-9-20-15/h2-4,6-7,12,15-16,18H,5,8-11H2,1H3. The number of rotatable bonds is 6. The van der Waals surface area contributed by atoms with Crippen molar-refractivity contribution in [1.29, 1.82) is 0 Å². The SMILES string of the molecule is CNC(Cc1csc(CC2CCCO2)n1)c1ccccc1. The molecule has 4 heteroatoms. The van der Waals surface area contributed by atoms with Crippen molar-refractivity contribution in [3.63, 3.8) is 0 Å². The molecule has 21 heavy (non-hydrogen) atoms. The lowest BCUT2D eigenvalue weighted by molar-refractivity contribution is 0.111. The molecule has 2 atom stereocenters. The molecule has 0 aliphatic carbocycles. The number of aromatic nitrogens is 1. The van der Waals surface area contributed by atoms with E-state index < -0.39 is 0 Å². The quantitative estimate of drug-likeness (QED) is 0.888. The highest BCUT2D eigenvalue weighted by Gasteiger charge is 2.18. The Morgan fingerprint density at radius 2 is 2.24 bits per heavy atom. The van der Waals surface area contributed by atoms with Crippen molar-refractivity contribution in [2.45, 2.75) is 37.8 Å². The second-order valence-electron chi connectivity index (χ2n) is 5.53. The van der Waals surface area contributed by atoms with Crippen LogP contribution in [0.3, 0.4) is 0 Å². The molecule has 2 unspecified atom stereocenters. The van der Waals surface area contributed by atoms with Crippen LogP contribution in [0.15, 0.2) is 35.7 Å². The molecule has 1 N–H and O–H groups in total. The van der Waals surface area contributed by atoms with Gasteiger partial charge in [0.15, 0.2) is 0 Å². The summed E-state index contributed by atoms with van der Waals surface area (Å²) >= 11 is 1.77. The Hall–Kier alpha value is -1.23. The van der Waals surface area contributed by atoms with Crippen molar-refractivity contribution >= 4 is 11.3 Å². The minimum atomic E-state index is 0.323. The van der Waals surface area contributed by atoms with E-state index in [1.165, 1.54) is 29.1 Å². The van der Waals surface area contributed by atoms with Crippen LogP contribution in [0.2, 0.25) is 0 Å². The number of hydrogen-bond donors (Lipinski definition) is 1. The first kappa shape index (κ1) is 14.7. The first-order chi connectivity index (χ1) is 10.3. The van der Waals surface area contributed by atoms with Crippen LogP contribution in [0, 0.1) is 0 Å². The molecule has 3 rings (SSSR count). The third-order valence-corrected chi connectivity index (χ3v) is 4.91. The number of likely N-dealkylation sites (N-methyl/N-ethyl adjacent to an activating group) is 1. The van der Waals surface area contributed by atoms with Gasteiger partial charge < -0.3 is 10.1 Å². The Labute approximate surface area is 130 Å². The largest absolute Gasteiger partial charge is 0.378 e. The summed E-state index contributed by atoms with van der Waals surface area (Å²) in [6, 6.07) is 10.9. The number of hydrogen-bond acceptors (Lipinski definition) is 4. The van der Waals surface area contributed by atoms with Gasteiger partial charge in [-0.05, 0) is 25.5 Å². The predicted octanol–water partition coefficient (Wildman–Crippen LogP) is 3.37. The third kappa shape index (κ3) is 3.90. The molecular weight excluding hydrogens is 280 g/mol. The normalized spacial score (nSPS) is 19.8. The van der Waals surface area contributed by atoms with Crippen LogP contribution >= 0.6 is 11.3 Å². The van der Waals surface area contributed by atoms with E-state index in [0.29, 0.717) is 12.1 Å². The summed E-state index contributed by atoms with van der Waals surface area (Å²) in [6.07, 6.45) is 4.66. The molecular formula is C17H22N2OS. The van der Waals surface area contributed by atoms with Crippen LogP contribution in [0.5, 0.6) is 0 Å².